The SMILES string of the molecule is C=C(c1ccc2c(c1)CCc1cc(C(=O)N(C)C)ccc1C2(CCNCC(=O)N1CCCC1C#N)c1nc(-c2ccc(C)cc2)n[nH]1)N(C)C. The highest BCUT2D eigenvalue weighted by molar-refractivity contribution is 5.94. The Morgan fingerprint density at radius 3 is 2.30 bits per heavy atom. The molecule has 2 unspecified atom stereocenters. The third-order valence-corrected chi connectivity index (χ3v) is 10.2. The molecule has 6 rings (SSSR count). The van der Waals surface area contributed by atoms with Crippen LogP contribution in [-0.4, -0.2) is 95.6 Å². The van der Waals surface area contributed by atoms with Crippen LogP contribution in [0.4, 0.5) is 0 Å². The first-order valence-electron chi connectivity index (χ1n) is 17.3. The highest BCUT2D eigenvalue weighted by Crippen LogP contribution is 2.47. The van der Waals surface area contributed by atoms with Crippen molar-refractivity contribution in [3.63, 3.8) is 0 Å². The van der Waals surface area contributed by atoms with Crippen LogP contribution in [0.3, 0.4) is 0 Å². The second kappa shape index (κ2) is 14.3. The fraction of sp³-hybridized carbons (Fsp3) is 0.375. The first kappa shape index (κ1) is 34.6. The van der Waals surface area contributed by atoms with Gasteiger partial charge in [-0.1, -0.05) is 54.6 Å². The van der Waals surface area contributed by atoms with Gasteiger partial charge in [-0.05, 0) is 91.6 Å². The number of H-pyrrole nitrogens is 1. The van der Waals surface area contributed by atoms with Crippen LogP contribution in [0, 0.1) is 18.3 Å². The quantitative estimate of drug-likeness (QED) is 0.229. The van der Waals surface area contributed by atoms with E-state index in [9.17, 15) is 14.9 Å². The molecule has 3 aromatic carbocycles. The number of aryl methyl sites for hydroxylation is 3. The smallest absolute Gasteiger partial charge is 0.253 e. The van der Waals surface area contributed by atoms with Crippen LogP contribution < -0.4 is 5.32 Å². The Bertz CT molecular complexity index is 1880. The Labute approximate surface area is 294 Å². The lowest BCUT2D eigenvalue weighted by Gasteiger charge is -2.35. The van der Waals surface area contributed by atoms with Gasteiger partial charge in [0.25, 0.3) is 5.91 Å². The van der Waals surface area contributed by atoms with Crippen molar-refractivity contribution in [3.05, 3.63) is 112 Å². The number of aromatic amines is 1. The standard InChI is InChI=1S/C40H46N8O2/c1-26-9-11-28(12-10-26)37-43-39(45-44-37)40(19-20-42-25-36(49)48-21-7-8-33(48)24-41)34-17-15-29(27(2)46(3)4)22-30(34)13-14-31-23-32(16-18-35(31)40)38(50)47(5)6/h9-12,15-18,22-23,33,42H,2,7-8,13-14,19-21,25H2,1,3-6H3,(H,43,44,45). The van der Waals surface area contributed by atoms with Crippen LogP contribution in [0.25, 0.3) is 17.1 Å². The predicted octanol–water partition coefficient (Wildman–Crippen LogP) is 4.94. The first-order chi connectivity index (χ1) is 24.0. The third kappa shape index (κ3) is 6.53. The molecule has 4 aromatic rings. The zero-order chi connectivity index (χ0) is 35.6. The molecule has 50 heavy (non-hydrogen) atoms. The lowest BCUT2D eigenvalue weighted by atomic mass is 9.69. The number of fused-ring (bicyclic) bond motifs is 2. The number of hydrogen-bond acceptors (Lipinski definition) is 7. The number of amides is 2. The molecule has 2 heterocycles. The molecule has 258 valence electrons. The van der Waals surface area contributed by atoms with Crippen molar-refractivity contribution in [1.29, 1.82) is 5.26 Å². The average molecular weight is 671 g/mol. The van der Waals surface area contributed by atoms with Crippen LogP contribution >= 0.6 is 0 Å². The summed E-state index contributed by atoms with van der Waals surface area (Å²) >= 11 is 0. The maximum absolute atomic E-state index is 13.2. The van der Waals surface area contributed by atoms with E-state index in [1.54, 1.807) is 23.9 Å². The van der Waals surface area contributed by atoms with E-state index in [-0.39, 0.29) is 24.4 Å². The number of nitrogens with one attached hydrogen (secondary N) is 2. The Morgan fingerprint density at radius 1 is 1.00 bits per heavy atom. The number of rotatable bonds is 10. The highest BCUT2D eigenvalue weighted by Gasteiger charge is 2.44. The second-order valence-electron chi connectivity index (χ2n) is 13.9. The summed E-state index contributed by atoms with van der Waals surface area (Å²) in [6.45, 7) is 7.62. The van der Waals surface area contributed by atoms with Crippen molar-refractivity contribution in [3.8, 4) is 17.5 Å². The minimum absolute atomic E-state index is 0.0520. The van der Waals surface area contributed by atoms with Gasteiger partial charge in [0.15, 0.2) is 5.82 Å². The number of aromatic nitrogens is 3. The molecule has 10 heteroatoms. The van der Waals surface area contributed by atoms with E-state index >= 15 is 0 Å². The number of benzene rings is 3. The van der Waals surface area contributed by atoms with Gasteiger partial charge in [0.1, 0.15) is 11.9 Å². The molecule has 1 saturated heterocycles. The number of nitrogens with zero attached hydrogens (tertiary/aromatic N) is 6. The molecule has 0 spiro atoms. The number of carbonyl (C=O) groups is 2. The van der Waals surface area contributed by atoms with E-state index < -0.39 is 5.41 Å². The molecule has 1 aliphatic carbocycles. The summed E-state index contributed by atoms with van der Waals surface area (Å²) in [7, 11) is 7.52. The molecular weight excluding hydrogens is 624 g/mol. The zero-order valence-electron chi connectivity index (χ0n) is 29.7. The molecule has 0 bridgehead atoms. The van der Waals surface area contributed by atoms with Gasteiger partial charge in [-0.15, -0.1) is 0 Å². The monoisotopic (exact) mass is 670 g/mol. The molecule has 1 aromatic heterocycles. The summed E-state index contributed by atoms with van der Waals surface area (Å²) in [5.41, 5.74) is 8.24. The molecule has 0 radical (unpaired) electrons. The fourth-order valence-electron chi connectivity index (χ4n) is 7.38. The van der Waals surface area contributed by atoms with Gasteiger partial charge in [-0.25, -0.2) is 4.98 Å². The molecule has 2 N–H and O–H groups in total. The van der Waals surface area contributed by atoms with Gasteiger partial charge in [0.05, 0.1) is 18.0 Å². The first-order valence-corrected chi connectivity index (χ1v) is 17.3. The van der Waals surface area contributed by atoms with Gasteiger partial charge in [0.2, 0.25) is 5.91 Å². The Kier molecular flexibility index (Phi) is 9.89. The molecule has 1 aliphatic heterocycles. The van der Waals surface area contributed by atoms with Gasteiger partial charge in [-0.3, -0.25) is 14.7 Å². The summed E-state index contributed by atoms with van der Waals surface area (Å²) in [4.78, 5) is 36.9. The van der Waals surface area contributed by atoms with Crippen LogP contribution in [0.1, 0.15) is 68.8 Å². The van der Waals surface area contributed by atoms with Gasteiger partial charge >= 0.3 is 0 Å². The summed E-state index contributed by atoms with van der Waals surface area (Å²) in [6.07, 6.45) is 3.60. The van der Waals surface area contributed by atoms with E-state index in [1.165, 1.54) is 5.56 Å². The minimum atomic E-state index is -0.798. The minimum Gasteiger partial charge on any atom is -0.378 e. The maximum Gasteiger partial charge on any atom is 0.253 e. The van der Waals surface area contributed by atoms with Crippen molar-refractivity contribution in [2.24, 2.45) is 0 Å². The molecule has 10 nitrogen and oxygen atoms in total. The molecular formula is C40H46N8O2. The van der Waals surface area contributed by atoms with E-state index in [1.807, 2.05) is 43.3 Å². The van der Waals surface area contributed by atoms with Gasteiger partial charge in [0, 0.05) is 51.6 Å². The third-order valence-electron chi connectivity index (χ3n) is 10.2. The van der Waals surface area contributed by atoms with Crippen LogP contribution in [0.5, 0.6) is 0 Å². The molecule has 2 amide bonds. The molecule has 2 atom stereocenters. The number of likely N-dealkylation sites (tertiary alicyclic amines) is 1. The summed E-state index contributed by atoms with van der Waals surface area (Å²) in [6, 6.07) is 22.6. The van der Waals surface area contributed by atoms with Crippen molar-refractivity contribution in [2.75, 3.05) is 47.8 Å². The van der Waals surface area contributed by atoms with Crippen LogP contribution in [0.2, 0.25) is 0 Å². The van der Waals surface area contributed by atoms with Crippen molar-refractivity contribution in [2.45, 2.75) is 50.5 Å². The number of carbonyl (C=O) groups excluding carboxylic acids is 2. The van der Waals surface area contributed by atoms with Crippen molar-refractivity contribution < 1.29 is 9.59 Å². The highest BCUT2D eigenvalue weighted by atomic mass is 16.2. The van der Waals surface area contributed by atoms with E-state index in [2.05, 4.69) is 66.4 Å². The fourth-order valence-corrected chi connectivity index (χ4v) is 7.38. The van der Waals surface area contributed by atoms with Crippen molar-refractivity contribution >= 4 is 17.5 Å². The molecule has 1 fully saturated rings. The van der Waals surface area contributed by atoms with Gasteiger partial charge in [-0.2, -0.15) is 10.4 Å². The van der Waals surface area contributed by atoms with E-state index in [4.69, 9.17) is 10.1 Å². The summed E-state index contributed by atoms with van der Waals surface area (Å²) in [5, 5.41) is 21.1. The summed E-state index contributed by atoms with van der Waals surface area (Å²) < 4.78 is 0. The molecule has 0 saturated carbocycles. The van der Waals surface area contributed by atoms with E-state index in [0.29, 0.717) is 43.1 Å². The Balaban J connectivity index is 1.48. The summed E-state index contributed by atoms with van der Waals surface area (Å²) in [5.74, 6) is 1.18. The largest absolute Gasteiger partial charge is 0.378 e. The lowest BCUT2D eigenvalue weighted by molar-refractivity contribution is -0.130. The van der Waals surface area contributed by atoms with E-state index in [0.717, 1.165) is 58.3 Å². The average Bonchev–Trinajstić information content (AvgIpc) is 3.79. The lowest BCUT2D eigenvalue weighted by Crippen LogP contribution is -2.42. The Morgan fingerprint density at radius 2 is 1.66 bits per heavy atom. The van der Waals surface area contributed by atoms with Gasteiger partial charge < -0.3 is 20.0 Å². The van der Waals surface area contributed by atoms with Crippen LogP contribution in [-0.2, 0) is 23.1 Å². The topological polar surface area (TPSA) is 121 Å². The normalized spacial score (nSPS) is 18.1. The predicted molar refractivity (Wildman–Crippen MR) is 195 cm³/mol. The second-order valence-corrected chi connectivity index (χ2v) is 13.9. The number of nitriles is 1. The van der Waals surface area contributed by atoms with Crippen LogP contribution in [0.15, 0.2) is 67.2 Å². The zero-order valence-corrected chi connectivity index (χ0v) is 29.7. The number of hydrogen-bond donors (Lipinski definition) is 2. The molecule has 2 aliphatic rings. The maximum atomic E-state index is 13.2. The van der Waals surface area contributed by atoms with Crippen molar-refractivity contribution in [1.82, 2.24) is 35.2 Å². The Hall–Kier alpha value is -5.27.